The van der Waals surface area contributed by atoms with Crippen LogP contribution in [0.1, 0.15) is 0 Å². The summed E-state index contributed by atoms with van der Waals surface area (Å²) in [6.07, 6.45) is 0. The number of halogens is 1. The van der Waals surface area contributed by atoms with E-state index in [1.165, 1.54) is 0 Å². The summed E-state index contributed by atoms with van der Waals surface area (Å²) in [6, 6.07) is 16.9. The first-order chi connectivity index (χ1) is 8.75. The fraction of sp³-hybridized carbons (Fsp3) is 0. The summed E-state index contributed by atoms with van der Waals surface area (Å²) < 4.78 is 0. The van der Waals surface area contributed by atoms with Gasteiger partial charge in [0.05, 0.1) is 0 Å². The van der Waals surface area contributed by atoms with Crippen LogP contribution in [0.5, 0.6) is 0 Å². The number of hydrogen-bond acceptors (Lipinski definition) is 1. The summed E-state index contributed by atoms with van der Waals surface area (Å²) >= 11 is 6.13. The summed E-state index contributed by atoms with van der Waals surface area (Å²) in [4.78, 5) is 14.9. The minimum absolute atomic E-state index is 0.123. The van der Waals surface area contributed by atoms with Crippen molar-refractivity contribution < 1.29 is 0 Å². The molecule has 2 nitrogen and oxygen atoms in total. The first-order valence-corrected chi connectivity index (χ1v) is 6.00. The molecule has 0 fully saturated rings. The van der Waals surface area contributed by atoms with Crippen LogP contribution in [0.3, 0.4) is 0 Å². The number of para-hydroxylation sites is 1. The van der Waals surface area contributed by atoms with E-state index >= 15 is 0 Å². The van der Waals surface area contributed by atoms with Crippen molar-refractivity contribution in [1.29, 1.82) is 0 Å². The molecule has 0 aliphatic rings. The highest BCUT2D eigenvalue weighted by molar-refractivity contribution is 6.33. The number of hydrogen-bond donors (Lipinski definition) is 1. The maximum atomic E-state index is 12.1. The zero-order valence-corrected chi connectivity index (χ0v) is 10.2. The lowest BCUT2D eigenvalue weighted by atomic mass is 10.1. The molecule has 0 atom stereocenters. The van der Waals surface area contributed by atoms with Crippen LogP contribution in [-0.4, -0.2) is 4.98 Å². The molecule has 3 heteroatoms. The molecule has 0 spiro atoms. The predicted molar refractivity (Wildman–Crippen MR) is 75.0 cm³/mol. The van der Waals surface area contributed by atoms with Gasteiger partial charge in [0.15, 0.2) is 0 Å². The van der Waals surface area contributed by atoms with Gasteiger partial charge in [0.2, 0.25) is 0 Å². The summed E-state index contributed by atoms with van der Waals surface area (Å²) in [7, 11) is 0. The van der Waals surface area contributed by atoms with Crippen molar-refractivity contribution in [3.8, 4) is 11.1 Å². The van der Waals surface area contributed by atoms with Gasteiger partial charge in [-0.15, -0.1) is 0 Å². The van der Waals surface area contributed by atoms with Crippen molar-refractivity contribution in [3.05, 3.63) is 70.0 Å². The zero-order valence-electron chi connectivity index (χ0n) is 9.48. The summed E-state index contributed by atoms with van der Waals surface area (Å²) in [5.41, 5.74) is 2.06. The fourth-order valence-electron chi connectivity index (χ4n) is 2.03. The quantitative estimate of drug-likeness (QED) is 0.704. The first-order valence-electron chi connectivity index (χ1n) is 5.63. The van der Waals surface area contributed by atoms with Gasteiger partial charge in [0.1, 0.15) is 0 Å². The molecule has 1 aromatic heterocycles. The lowest BCUT2D eigenvalue weighted by Gasteiger charge is -2.05. The molecule has 3 aromatic rings. The Morgan fingerprint density at radius 1 is 0.889 bits per heavy atom. The third-order valence-corrected chi connectivity index (χ3v) is 3.25. The molecular formula is C15H10ClNO. The third kappa shape index (κ3) is 1.81. The molecule has 0 bridgehead atoms. The molecule has 0 saturated heterocycles. The SMILES string of the molecule is O=c1[nH]c2ccccc2cc1-c1ccccc1Cl. The Morgan fingerprint density at radius 2 is 1.61 bits per heavy atom. The highest BCUT2D eigenvalue weighted by atomic mass is 35.5. The second-order valence-corrected chi connectivity index (χ2v) is 4.49. The van der Waals surface area contributed by atoms with Gasteiger partial charge in [-0.2, -0.15) is 0 Å². The standard InChI is InChI=1S/C15H10ClNO/c16-13-7-3-2-6-11(13)12-9-10-5-1-4-8-14(10)17-15(12)18/h1-9H,(H,17,18). The molecule has 0 saturated carbocycles. The molecule has 88 valence electrons. The molecule has 18 heavy (non-hydrogen) atoms. The topological polar surface area (TPSA) is 32.9 Å². The van der Waals surface area contributed by atoms with Crippen LogP contribution >= 0.6 is 11.6 Å². The lowest BCUT2D eigenvalue weighted by Crippen LogP contribution is -2.08. The highest BCUT2D eigenvalue weighted by Crippen LogP contribution is 2.26. The van der Waals surface area contributed by atoms with Crippen LogP contribution in [-0.2, 0) is 0 Å². The zero-order chi connectivity index (χ0) is 12.5. The van der Waals surface area contributed by atoms with E-state index in [4.69, 9.17) is 11.6 Å². The second-order valence-electron chi connectivity index (χ2n) is 4.08. The Morgan fingerprint density at radius 3 is 2.44 bits per heavy atom. The van der Waals surface area contributed by atoms with Gasteiger partial charge < -0.3 is 4.98 Å². The van der Waals surface area contributed by atoms with Crippen LogP contribution in [0.2, 0.25) is 5.02 Å². The fourth-order valence-corrected chi connectivity index (χ4v) is 2.26. The van der Waals surface area contributed by atoms with Crippen molar-refractivity contribution in [3.63, 3.8) is 0 Å². The third-order valence-electron chi connectivity index (χ3n) is 2.92. The molecule has 0 amide bonds. The van der Waals surface area contributed by atoms with Gasteiger partial charge in [0, 0.05) is 21.7 Å². The molecule has 1 heterocycles. The van der Waals surface area contributed by atoms with E-state index in [2.05, 4.69) is 4.98 Å². The molecule has 3 rings (SSSR count). The van der Waals surface area contributed by atoms with Gasteiger partial charge in [-0.25, -0.2) is 0 Å². The van der Waals surface area contributed by atoms with Crippen LogP contribution < -0.4 is 5.56 Å². The van der Waals surface area contributed by atoms with Crippen LogP contribution in [0.4, 0.5) is 0 Å². The smallest absolute Gasteiger partial charge is 0.256 e. The van der Waals surface area contributed by atoms with Gasteiger partial charge in [-0.3, -0.25) is 4.79 Å². The predicted octanol–water partition coefficient (Wildman–Crippen LogP) is 3.85. The first kappa shape index (κ1) is 11.1. The number of aromatic amines is 1. The molecule has 2 aromatic carbocycles. The van der Waals surface area contributed by atoms with Gasteiger partial charge >= 0.3 is 0 Å². The highest BCUT2D eigenvalue weighted by Gasteiger charge is 2.08. The summed E-state index contributed by atoms with van der Waals surface area (Å²) in [5, 5.41) is 1.57. The maximum absolute atomic E-state index is 12.1. The van der Waals surface area contributed by atoms with E-state index < -0.39 is 0 Å². The minimum atomic E-state index is -0.123. The number of aromatic nitrogens is 1. The summed E-state index contributed by atoms with van der Waals surface area (Å²) in [5.74, 6) is 0. The van der Waals surface area contributed by atoms with Gasteiger partial charge in [0.25, 0.3) is 5.56 Å². The number of nitrogens with one attached hydrogen (secondary N) is 1. The van der Waals surface area contributed by atoms with E-state index in [1.54, 1.807) is 6.07 Å². The van der Waals surface area contributed by atoms with Crippen molar-refractivity contribution in [2.45, 2.75) is 0 Å². The molecule has 0 aliphatic heterocycles. The average Bonchev–Trinajstić information content (AvgIpc) is 2.39. The monoisotopic (exact) mass is 255 g/mol. The molecule has 0 radical (unpaired) electrons. The number of fused-ring (bicyclic) bond motifs is 1. The van der Waals surface area contributed by atoms with Gasteiger partial charge in [-0.05, 0) is 23.6 Å². The number of H-pyrrole nitrogens is 1. The van der Waals surface area contributed by atoms with E-state index in [0.29, 0.717) is 10.6 Å². The molecule has 0 unspecified atom stereocenters. The number of rotatable bonds is 1. The Balaban J connectivity index is 2.33. The van der Waals surface area contributed by atoms with Crippen LogP contribution in [0, 0.1) is 0 Å². The normalized spacial score (nSPS) is 10.7. The largest absolute Gasteiger partial charge is 0.321 e. The van der Waals surface area contributed by atoms with E-state index in [9.17, 15) is 4.79 Å². The molecular weight excluding hydrogens is 246 g/mol. The Kier molecular flexibility index (Phi) is 2.65. The minimum Gasteiger partial charge on any atom is -0.321 e. The molecule has 0 aliphatic carbocycles. The maximum Gasteiger partial charge on any atom is 0.256 e. The van der Waals surface area contributed by atoms with E-state index in [1.807, 2.05) is 48.5 Å². The Hall–Kier alpha value is -2.06. The number of pyridine rings is 1. The Labute approximate surface area is 109 Å². The average molecular weight is 256 g/mol. The second kappa shape index (κ2) is 4.31. The van der Waals surface area contributed by atoms with E-state index in [0.717, 1.165) is 16.5 Å². The Bertz CT molecular complexity index is 777. The summed E-state index contributed by atoms with van der Waals surface area (Å²) in [6.45, 7) is 0. The van der Waals surface area contributed by atoms with E-state index in [-0.39, 0.29) is 5.56 Å². The van der Waals surface area contributed by atoms with Crippen molar-refractivity contribution in [1.82, 2.24) is 4.98 Å². The van der Waals surface area contributed by atoms with Crippen molar-refractivity contribution in [2.75, 3.05) is 0 Å². The van der Waals surface area contributed by atoms with Crippen molar-refractivity contribution in [2.24, 2.45) is 0 Å². The number of benzene rings is 2. The van der Waals surface area contributed by atoms with Crippen LogP contribution in [0.25, 0.3) is 22.0 Å². The van der Waals surface area contributed by atoms with Crippen LogP contribution in [0.15, 0.2) is 59.4 Å². The van der Waals surface area contributed by atoms with Gasteiger partial charge in [-0.1, -0.05) is 48.0 Å². The van der Waals surface area contributed by atoms with Crippen molar-refractivity contribution >= 4 is 22.5 Å². The molecule has 1 N–H and O–H groups in total. The lowest BCUT2D eigenvalue weighted by molar-refractivity contribution is 1.31.